The summed E-state index contributed by atoms with van der Waals surface area (Å²) in [6.07, 6.45) is -0.542. The molecular weight excluding hydrogens is 297 g/mol. The molecule has 0 radical (unpaired) electrons. The fourth-order valence-electron chi connectivity index (χ4n) is 1.81. The van der Waals surface area contributed by atoms with Gasteiger partial charge < -0.3 is 9.84 Å². The van der Waals surface area contributed by atoms with Crippen molar-refractivity contribution in [1.82, 2.24) is 4.31 Å². The van der Waals surface area contributed by atoms with Gasteiger partial charge in [-0.2, -0.15) is 4.31 Å². The van der Waals surface area contributed by atoms with Crippen LogP contribution in [0.4, 0.5) is 4.39 Å². The lowest BCUT2D eigenvalue weighted by molar-refractivity contribution is -0.0304. The molecule has 0 aromatic heterocycles. The molecule has 0 saturated carbocycles. The van der Waals surface area contributed by atoms with Crippen LogP contribution in [-0.2, 0) is 14.8 Å². The molecule has 1 fully saturated rings. The van der Waals surface area contributed by atoms with Crippen molar-refractivity contribution in [1.29, 1.82) is 0 Å². The Hall–Kier alpha value is -0.730. The molecule has 0 bridgehead atoms. The number of aliphatic hydroxyl groups excluding tert-OH is 1. The van der Waals surface area contributed by atoms with Gasteiger partial charge in [-0.25, -0.2) is 12.8 Å². The molecule has 1 aromatic rings. The van der Waals surface area contributed by atoms with Gasteiger partial charge in [0, 0.05) is 13.1 Å². The lowest BCUT2D eigenvalue weighted by atomic mass is 10.3. The highest BCUT2D eigenvalue weighted by Crippen LogP contribution is 2.23. The highest BCUT2D eigenvalue weighted by molar-refractivity contribution is 7.89. The van der Waals surface area contributed by atoms with Crippen LogP contribution >= 0.6 is 11.6 Å². The van der Waals surface area contributed by atoms with E-state index in [-0.39, 0.29) is 36.2 Å². The van der Waals surface area contributed by atoms with Crippen molar-refractivity contribution >= 4 is 21.6 Å². The number of rotatable bonds is 3. The van der Waals surface area contributed by atoms with Gasteiger partial charge in [-0.05, 0) is 18.2 Å². The van der Waals surface area contributed by atoms with E-state index in [0.29, 0.717) is 0 Å². The summed E-state index contributed by atoms with van der Waals surface area (Å²) in [7, 11) is -3.75. The highest BCUT2D eigenvalue weighted by Gasteiger charge is 2.30. The molecule has 1 saturated heterocycles. The number of hydrogen-bond donors (Lipinski definition) is 1. The maximum absolute atomic E-state index is 13.1. The first-order valence-electron chi connectivity index (χ1n) is 5.63. The fourth-order valence-corrected chi connectivity index (χ4v) is 3.54. The van der Waals surface area contributed by atoms with Crippen molar-refractivity contribution in [3.63, 3.8) is 0 Å². The topological polar surface area (TPSA) is 66.8 Å². The molecule has 0 aliphatic carbocycles. The molecule has 2 rings (SSSR count). The zero-order chi connectivity index (χ0) is 14.0. The summed E-state index contributed by atoms with van der Waals surface area (Å²) in [5, 5.41) is 8.77. The van der Waals surface area contributed by atoms with E-state index in [0.717, 1.165) is 12.1 Å². The molecular formula is C11H13ClFNO4S. The minimum absolute atomic E-state index is 0.0633. The summed E-state index contributed by atoms with van der Waals surface area (Å²) in [6.45, 7) is 0.206. The zero-order valence-corrected chi connectivity index (χ0v) is 11.5. The summed E-state index contributed by atoms with van der Waals surface area (Å²) in [5.74, 6) is -0.671. The third-order valence-corrected chi connectivity index (χ3v) is 4.98. The quantitative estimate of drug-likeness (QED) is 0.899. The molecule has 1 unspecified atom stereocenters. The minimum atomic E-state index is -3.75. The van der Waals surface area contributed by atoms with Crippen LogP contribution in [0.2, 0.25) is 5.02 Å². The normalized spacial score (nSPS) is 21.5. The minimum Gasteiger partial charge on any atom is -0.394 e. The molecule has 8 heteroatoms. The van der Waals surface area contributed by atoms with Crippen molar-refractivity contribution < 1.29 is 22.7 Å². The second-order valence-electron chi connectivity index (χ2n) is 4.11. The number of ether oxygens (including phenoxy) is 1. The van der Waals surface area contributed by atoms with Crippen LogP contribution in [0.1, 0.15) is 0 Å². The predicted molar refractivity (Wildman–Crippen MR) is 67.0 cm³/mol. The van der Waals surface area contributed by atoms with Gasteiger partial charge in [0.2, 0.25) is 10.0 Å². The predicted octanol–water partition coefficient (Wildman–Crippen LogP) is 0.861. The highest BCUT2D eigenvalue weighted by atomic mass is 35.5. The van der Waals surface area contributed by atoms with E-state index in [2.05, 4.69) is 0 Å². The molecule has 0 spiro atoms. The summed E-state index contributed by atoms with van der Waals surface area (Å²) in [5.41, 5.74) is 0. The average Bonchev–Trinajstić information content (AvgIpc) is 2.41. The Bertz CT molecular complexity index is 566. The molecule has 0 amide bonds. The number of halogens is 2. The third kappa shape index (κ3) is 3.06. The molecule has 1 heterocycles. The second-order valence-corrected chi connectivity index (χ2v) is 6.46. The van der Waals surface area contributed by atoms with Crippen LogP contribution in [-0.4, -0.2) is 50.2 Å². The first-order chi connectivity index (χ1) is 8.95. The van der Waals surface area contributed by atoms with Crippen molar-refractivity contribution in [3.8, 4) is 0 Å². The SMILES string of the molecule is O=S(=O)(c1ccc(F)c(Cl)c1)N1CCOC(CO)C1. The Labute approximate surface area is 115 Å². The monoisotopic (exact) mass is 309 g/mol. The maximum Gasteiger partial charge on any atom is 0.243 e. The number of hydrogen-bond acceptors (Lipinski definition) is 4. The van der Waals surface area contributed by atoms with Crippen LogP contribution < -0.4 is 0 Å². The number of nitrogens with zero attached hydrogens (tertiary/aromatic N) is 1. The van der Waals surface area contributed by atoms with Gasteiger partial charge in [-0.1, -0.05) is 11.6 Å². The molecule has 1 aliphatic rings. The van der Waals surface area contributed by atoms with Gasteiger partial charge in [0.05, 0.1) is 29.2 Å². The van der Waals surface area contributed by atoms with Crippen molar-refractivity contribution in [2.45, 2.75) is 11.0 Å². The van der Waals surface area contributed by atoms with Crippen LogP contribution in [0.25, 0.3) is 0 Å². The largest absolute Gasteiger partial charge is 0.394 e. The summed E-state index contributed by atoms with van der Waals surface area (Å²) in [4.78, 5) is -0.0718. The van der Waals surface area contributed by atoms with Gasteiger partial charge in [-0.15, -0.1) is 0 Å². The van der Waals surface area contributed by atoms with Gasteiger partial charge in [-0.3, -0.25) is 0 Å². The Balaban J connectivity index is 2.28. The van der Waals surface area contributed by atoms with Crippen LogP contribution in [0, 0.1) is 5.82 Å². The van der Waals surface area contributed by atoms with E-state index in [1.165, 1.54) is 10.4 Å². The van der Waals surface area contributed by atoms with E-state index in [1.54, 1.807) is 0 Å². The van der Waals surface area contributed by atoms with E-state index in [9.17, 15) is 12.8 Å². The van der Waals surface area contributed by atoms with Crippen molar-refractivity contribution in [2.24, 2.45) is 0 Å². The van der Waals surface area contributed by atoms with Gasteiger partial charge in [0.15, 0.2) is 0 Å². The molecule has 1 N–H and O–H groups in total. The zero-order valence-electron chi connectivity index (χ0n) is 9.92. The molecule has 1 aromatic carbocycles. The van der Waals surface area contributed by atoms with E-state index in [4.69, 9.17) is 21.4 Å². The van der Waals surface area contributed by atoms with E-state index < -0.39 is 21.9 Å². The smallest absolute Gasteiger partial charge is 0.243 e. The van der Waals surface area contributed by atoms with Crippen LogP contribution in [0.15, 0.2) is 23.1 Å². The molecule has 5 nitrogen and oxygen atoms in total. The van der Waals surface area contributed by atoms with E-state index >= 15 is 0 Å². The van der Waals surface area contributed by atoms with Crippen molar-refractivity contribution in [2.75, 3.05) is 26.3 Å². The average molecular weight is 310 g/mol. The third-order valence-electron chi connectivity index (χ3n) is 2.83. The van der Waals surface area contributed by atoms with Crippen molar-refractivity contribution in [3.05, 3.63) is 29.0 Å². The Kier molecular flexibility index (Phi) is 4.42. The lowest BCUT2D eigenvalue weighted by Gasteiger charge is -2.31. The number of benzene rings is 1. The summed E-state index contributed by atoms with van der Waals surface area (Å²) >= 11 is 5.59. The molecule has 1 atom stereocenters. The fraction of sp³-hybridized carbons (Fsp3) is 0.455. The number of morpholine rings is 1. The molecule has 106 valence electrons. The van der Waals surface area contributed by atoms with Crippen LogP contribution in [0.5, 0.6) is 0 Å². The maximum atomic E-state index is 13.1. The Morgan fingerprint density at radius 2 is 2.26 bits per heavy atom. The second kappa shape index (κ2) is 5.72. The first kappa shape index (κ1) is 14.7. The number of aliphatic hydroxyl groups is 1. The van der Waals surface area contributed by atoms with Gasteiger partial charge in [0.25, 0.3) is 0 Å². The standard InChI is InChI=1S/C11H13ClFNO4S/c12-10-5-9(1-2-11(10)13)19(16,17)14-3-4-18-8(6-14)7-15/h1-2,5,8,15H,3-4,6-7H2. The molecule has 19 heavy (non-hydrogen) atoms. The summed E-state index contributed by atoms with van der Waals surface area (Å²) < 4.78 is 44.1. The molecule has 1 aliphatic heterocycles. The Morgan fingerprint density at radius 1 is 1.53 bits per heavy atom. The number of sulfonamides is 1. The van der Waals surface area contributed by atoms with Gasteiger partial charge in [0.1, 0.15) is 5.82 Å². The van der Waals surface area contributed by atoms with Crippen LogP contribution in [0.3, 0.4) is 0 Å². The van der Waals surface area contributed by atoms with Gasteiger partial charge >= 0.3 is 0 Å². The lowest BCUT2D eigenvalue weighted by Crippen LogP contribution is -2.46. The van der Waals surface area contributed by atoms with E-state index in [1.807, 2.05) is 0 Å². The Morgan fingerprint density at radius 3 is 2.89 bits per heavy atom. The first-order valence-corrected chi connectivity index (χ1v) is 7.44. The summed E-state index contributed by atoms with van der Waals surface area (Å²) in [6, 6.07) is 3.26.